The summed E-state index contributed by atoms with van der Waals surface area (Å²) in [5.74, 6) is -0.172. The van der Waals surface area contributed by atoms with Crippen LogP contribution in [0.1, 0.15) is 57.2 Å². The van der Waals surface area contributed by atoms with Gasteiger partial charge in [-0.3, -0.25) is 14.6 Å². The molecule has 2 N–H and O–H groups in total. The van der Waals surface area contributed by atoms with Gasteiger partial charge in [-0.25, -0.2) is 0 Å². The number of carbonyl (C=O) groups is 2. The third-order valence-corrected chi connectivity index (χ3v) is 7.53. The zero-order valence-electron chi connectivity index (χ0n) is 20.2. The second-order valence-corrected chi connectivity index (χ2v) is 9.43. The van der Waals surface area contributed by atoms with Crippen molar-refractivity contribution in [1.82, 2.24) is 0 Å². The van der Waals surface area contributed by atoms with Gasteiger partial charge in [0.1, 0.15) is 23.8 Å². The van der Waals surface area contributed by atoms with Crippen molar-refractivity contribution in [3.8, 4) is 11.5 Å². The summed E-state index contributed by atoms with van der Waals surface area (Å²) < 4.78 is 4.56. The van der Waals surface area contributed by atoms with Gasteiger partial charge in [0, 0.05) is 29.7 Å². The predicted octanol–water partition coefficient (Wildman–Crippen LogP) is 5.34. The lowest BCUT2D eigenvalue weighted by Crippen LogP contribution is -2.40. The number of phenolic OH excluding ortho intramolecular Hbond substituents is 2. The van der Waals surface area contributed by atoms with Gasteiger partial charge in [-0.2, -0.15) is 0 Å². The minimum absolute atomic E-state index is 0.0406. The number of allylic oxidation sites excluding steroid dienone is 4. The number of methoxy groups -OCH3 is 1. The Hall–Kier alpha value is -2.60. The third-order valence-electron chi connectivity index (χ3n) is 7.07. The summed E-state index contributed by atoms with van der Waals surface area (Å²) in [6.07, 6.45) is 9.11. The highest BCUT2D eigenvalue weighted by atomic mass is 35.5. The molecule has 1 fully saturated rings. The molecule has 1 aromatic rings. The molecule has 2 rings (SSSR count). The van der Waals surface area contributed by atoms with Gasteiger partial charge in [0.05, 0.1) is 12.1 Å². The van der Waals surface area contributed by atoms with Gasteiger partial charge in [-0.1, -0.05) is 56.2 Å². The molecule has 0 radical (unpaired) electrons. The summed E-state index contributed by atoms with van der Waals surface area (Å²) in [7, 11) is 1.27. The van der Waals surface area contributed by atoms with Crippen LogP contribution in [0.15, 0.2) is 28.8 Å². The standard InChI is InChI=1S/C26H34ClNO5/c1-15(11-12-26(5)16(2)8-10-21(29)18(26)4)7-9-19-24(31)20(13-28-14-22(30)33-6)17(3)23(27)25(19)32/h7,11-13,16,18,31-32H,8-10,14H2,1-6H3/t16-,18+,26+/m1/s1. The molecule has 0 aliphatic heterocycles. The van der Waals surface area contributed by atoms with Crippen LogP contribution in [0.2, 0.25) is 5.02 Å². The second-order valence-electron chi connectivity index (χ2n) is 9.05. The summed E-state index contributed by atoms with van der Waals surface area (Å²) in [6, 6.07) is 0. The van der Waals surface area contributed by atoms with E-state index < -0.39 is 5.97 Å². The van der Waals surface area contributed by atoms with Crippen molar-refractivity contribution in [2.24, 2.45) is 22.2 Å². The minimum Gasteiger partial charge on any atom is -0.507 e. The summed E-state index contributed by atoms with van der Waals surface area (Å²) in [5.41, 5.74) is 1.80. The molecular weight excluding hydrogens is 442 g/mol. The zero-order valence-corrected chi connectivity index (χ0v) is 21.0. The number of ketones is 1. The molecule has 0 bridgehead atoms. The molecule has 0 amide bonds. The van der Waals surface area contributed by atoms with E-state index in [0.717, 1.165) is 12.0 Å². The Labute approximate surface area is 201 Å². The molecule has 6 nitrogen and oxygen atoms in total. The lowest BCUT2D eigenvalue weighted by atomic mass is 9.61. The van der Waals surface area contributed by atoms with Crippen LogP contribution in [-0.2, 0) is 20.7 Å². The van der Waals surface area contributed by atoms with E-state index in [2.05, 4.69) is 29.7 Å². The number of aliphatic imine (C=N–C) groups is 1. The van der Waals surface area contributed by atoms with Crippen LogP contribution in [0, 0.1) is 24.2 Å². The molecule has 33 heavy (non-hydrogen) atoms. The smallest absolute Gasteiger partial charge is 0.327 e. The molecule has 0 aromatic heterocycles. The van der Waals surface area contributed by atoms with E-state index in [-0.39, 0.29) is 46.4 Å². The quantitative estimate of drug-likeness (QED) is 0.315. The lowest BCUT2D eigenvalue weighted by Gasteiger charge is -2.42. The number of hydrogen-bond donors (Lipinski definition) is 2. The number of hydrogen-bond acceptors (Lipinski definition) is 6. The number of ether oxygens (including phenoxy) is 1. The van der Waals surface area contributed by atoms with E-state index in [1.807, 2.05) is 26.0 Å². The number of benzene rings is 1. The van der Waals surface area contributed by atoms with Gasteiger partial charge in [0.15, 0.2) is 0 Å². The van der Waals surface area contributed by atoms with Gasteiger partial charge in [0.2, 0.25) is 0 Å². The number of rotatable bonds is 7. The van der Waals surface area contributed by atoms with E-state index in [0.29, 0.717) is 29.2 Å². The highest BCUT2D eigenvalue weighted by Gasteiger charge is 2.41. The molecule has 0 unspecified atom stereocenters. The van der Waals surface area contributed by atoms with E-state index in [9.17, 15) is 19.8 Å². The van der Waals surface area contributed by atoms with Crippen molar-refractivity contribution in [2.75, 3.05) is 13.7 Å². The van der Waals surface area contributed by atoms with Crippen molar-refractivity contribution < 1.29 is 24.5 Å². The van der Waals surface area contributed by atoms with Crippen LogP contribution >= 0.6 is 11.6 Å². The number of phenols is 2. The number of esters is 1. The van der Waals surface area contributed by atoms with E-state index >= 15 is 0 Å². The molecule has 0 saturated heterocycles. The lowest BCUT2D eigenvalue weighted by molar-refractivity contribution is -0.138. The highest BCUT2D eigenvalue weighted by molar-refractivity contribution is 6.33. The number of aromatic hydroxyl groups is 2. The summed E-state index contributed by atoms with van der Waals surface area (Å²) in [4.78, 5) is 27.5. The van der Waals surface area contributed by atoms with Crippen LogP contribution < -0.4 is 0 Å². The maximum absolute atomic E-state index is 12.3. The Morgan fingerprint density at radius 2 is 1.97 bits per heavy atom. The number of Topliss-reactive ketones (excluding diaryl/α,β-unsaturated/α-hetero) is 1. The largest absolute Gasteiger partial charge is 0.507 e. The van der Waals surface area contributed by atoms with E-state index in [4.69, 9.17) is 11.6 Å². The highest BCUT2D eigenvalue weighted by Crippen LogP contribution is 2.45. The Kier molecular flexibility index (Phi) is 8.89. The van der Waals surface area contributed by atoms with Gasteiger partial charge in [-0.15, -0.1) is 0 Å². The van der Waals surface area contributed by atoms with Crippen molar-refractivity contribution in [2.45, 2.75) is 53.9 Å². The van der Waals surface area contributed by atoms with E-state index in [1.165, 1.54) is 13.3 Å². The fourth-order valence-electron chi connectivity index (χ4n) is 4.12. The van der Waals surface area contributed by atoms with Gasteiger partial charge in [0.25, 0.3) is 0 Å². The minimum atomic E-state index is -0.504. The number of halogens is 1. The normalized spacial score (nSPS) is 24.1. The summed E-state index contributed by atoms with van der Waals surface area (Å²) in [6.45, 7) is 9.70. The van der Waals surface area contributed by atoms with Crippen molar-refractivity contribution in [3.05, 3.63) is 45.5 Å². The summed E-state index contributed by atoms with van der Waals surface area (Å²) >= 11 is 6.29. The molecule has 7 heteroatoms. The topological polar surface area (TPSA) is 96.2 Å². The molecule has 0 spiro atoms. The first-order chi connectivity index (χ1) is 15.4. The summed E-state index contributed by atoms with van der Waals surface area (Å²) in [5, 5.41) is 21.4. The Bertz CT molecular complexity index is 1010. The molecule has 1 aromatic carbocycles. The monoisotopic (exact) mass is 475 g/mol. The van der Waals surface area contributed by atoms with Crippen LogP contribution in [0.25, 0.3) is 0 Å². The average molecular weight is 476 g/mol. The molecular formula is C26H34ClNO5. The molecule has 1 aliphatic carbocycles. The molecule has 0 heterocycles. The molecule has 3 atom stereocenters. The van der Waals surface area contributed by atoms with Crippen LogP contribution in [-0.4, -0.2) is 41.8 Å². The Balaban J connectivity index is 2.30. The third kappa shape index (κ3) is 5.85. The zero-order chi connectivity index (χ0) is 24.9. The van der Waals surface area contributed by atoms with Crippen molar-refractivity contribution in [1.29, 1.82) is 0 Å². The first kappa shape index (κ1) is 26.7. The van der Waals surface area contributed by atoms with Crippen LogP contribution in [0.5, 0.6) is 11.5 Å². The molecule has 1 saturated carbocycles. The second kappa shape index (κ2) is 11.0. The number of nitrogens with zero attached hydrogens (tertiary/aromatic N) is 1. The molecule has 180 valence electrons. The van der Waals surface area contributed by atoms with Gasteiger partial charge >= 0.3 is 5.97 Å². The predicted molar refractivity (Wildman–Crippen MR) is 131 cm³/mol. The Morgan fingerprint density at radius 3 is 2.61 bits per heavy atom. The fourth-order valence-corrected chi connectivity index (χ4v) is 4.33. The van der Waals surface area contributed by atoms with Crippen LogP contribution in [0.3, 0.4) is 0 Å². The maximum Gasteiger partial charge on any atom is 0.327 e. The maximum atomic E-state index is 12.3. The van der Waals surface area contributed by atoms with Crippen molar-refractivity contribution >= 4 is 29.6 Å². The first-order valence-corrected chi connectivity index (χ1v) is 11.5. The average Bonchev–Trinajstić information content (AvgIpc) is 2.79. The van der Waals surface area contributed by atoms with Gasteiger partial charge < -0.3 is 14.9 Å². The van der Waals surface area contributed by atoms with Gasteiger partial charge in [-0.05, 0) is 43.6 Å². The van der Waals surface area contributed by atoms with Crippen LogP contribution in [0.4, 0.5) is 0 Å². The Morgan fingerprint density at radius 1 is 1.30 bits per heavy atom. The fraction of sp³-hybridized carbons (Fsp3) is 0.500. The number of carbonyl (C=O) groups excluding carboxylic acids is 2. The first-order valence-electron chi connectivity index (χ1n) is 11.1. The molecule has 1 aliphatic rings. The van der Waals surface area contributed by atoms with E-state index in [1.54, 1.807) is 6.92 Å². The SMILES string of the molecule is COC(=O)CN=Cc1c(C)c(Cl)c(O)c(CC=C(C)C=C[C@@]2(C)[C@H](C)CCC(=O)[C@@H]2C)c1O. The van der Waals surface area contributed by atoms with Crippen molar-refractivity contribution in [3.63, 3.8) is 0 Å².